The maximum atomic E-state index is 11.3. The summed E-state index contributed by atoms with van der Waals surface area (Å²) in [5.41, 5.74) is 3.77. The Kier molecular flexibility index (Phi) is 4.33. The molecule has 8 nitrogen and oxygen atoms in total. The fraction of sp³-hybridized carbons (Fsp3) is 0.238. The number of nitro benzene ring substituents is 1. The van der Waals surface area contributed by atoms with E-state index in [-0.39, 0.29) is 10.6 Å². The largest absolute Gasteiger partial charge is 0.367 e. The van der Waals surface area contributed by atoms with Crippen LogP contribution in [0.3, 0.4) is 0 Å². The third-order valence-corrected chi connectivity index (χ3v) is 5.43. The van der Waals surface area contributed by atoms with Crippen molar-refractivity contribution in [3.05, 3.63) is 76.9 Å². The average Bonchev–Trinajstić information content (AvgIpc) is 3.16. The van der Waals surface area contributed by atoms with Gasteiger partial charge in [-0.15, -0.1) is 0 Å². The van der Waals surface area contributed by atoms with Crippen molar-refractivity contribution in [3.63, 3.8) is 0 Å². The van der Waals surface area contributed by atoms with E-state index in [1.54, 1.807) is 24.4 Å². The molecule has 0 radical (unpaired) electrons. The number of fused-ring (bicyclic) bond motifs is 2. The van der Waals surface area contributed by atoms with E-state index in [0.717, 1.165) is 49.8 Å². The van der Waals surface area contributed by atoms with Crippen molar-refractivity contribution >= 4 is 27.9 Å². The van der Waals surface area contributed by atoms with Gasteiger partial charge in [-0.2, -0.15) is 0 Å². The van der Waals surface area contributed by atoms with Crippen LogP contribution < -0.4 is 4.90 Å². The van der Waals surface area contributed by atoms with E-state index >= 15 is 0 Å². The molecule has 0 atom stereocenters. The van der Waals surface area contributed by atoms with Gasteiger partial charge in [-0.1, -0.05) is 6.07 Å². The summed E-state index contributed by atoms with van der Waals surface area (Å²) in [5, 5.41) is 11.9. The molecule has 29 heavy (non-hydrogen) atoms. The molecule has 3 aromatic heterocycles. The monoisotopic (exact) mass is 388 g/mol. The lowest BCUT2D eigenvalue weighted by atomic mass is 10.1. The second-order valence-electron chi connectivity index (χ2n) is 7.22. The van der Waals surface area contributed by atoms with E-state index in [2.05, 4.69) is 26.0 Å². The lowest BCUT2D eigenvalue weighted by Gasteiger charge is -2.36. The molecule has 4 heterocycles. The summed E-state index contributed by atoms with van der Waals surface area (Å²) in [7, 11) is 0. The highest BCUT2D eigenvalue weighted by Gasteiger charge is 2.22. The minimum Gasteiger partial charge on any atom is -0.367 e. The first-order valence-corrected chi connectivity index (χ1v) is 9.61. The van der Waals surface area contributed by atoms with Crippen molar-refractivity contribution in [1.29, 1.82) is 0 Å². The van der Waals surface area contributed by atoms with Gasteiger partial charge in [0.05, 0.1) is 21.7 Å². The van der Waals surface area contributed by atoms with Crippen molar-refractivity contribution in [2.75, 3.05) is 31.1 Å². The maximum Gasteiger partial charge on any atom is 0.278 e. The SMILES string of the molecule is O=[N+]([O-])c1ccc(N2CCN(Cc3cn4ccccc4n3)CC2)c2ncccc12. The van der Waals surface area contributed by atoms with Gasteiger partial charge in [-0.3, -0.25) is 20.0 Å². The van der Waals surface area contributed by atoms with Crippen LogP contribution in [0.1, 0.15) is 5.69 Å². The molecule has 0 N–H and O–H groups in total. The van der Waals surface area contributed by atoms with Gasteiger partial charge in [0.1, 0.15) is 11.2 Å². The Bertz CT molecular complexity index is 1160. The number of hydrogen-bond donors (Lipinski definition) is 0. The number of nitrogens with zero attached hydrogens (tertiary/aromatic N) is 6. The lowest BCUT2D eigenvalue weighted by molar-refractivity contribution is -0.383. The highest BCUT2D eigenvalue weighted by atomic mass is 16.6. The summed E-state index contributed by atoms with van der Waals surface area (Å²) in [6.45, 7) is 4.31. The van der Waals surface area contributed by atoms with Crippen molar-refractivity contribution in [2.24, 2.45) is 0 Å². The summed E-state index contributed by atoms with van der Waals surface area (Å²) in [6.07, 6.45) is 5.78. The van der Waals surface area contributed by atoms with Crippen LogP contribution >= 0.6 is 0 Å². The summed E-state index contributed by atoms with van der Waals surface area (Å²) >= 11 is 0. The number of non-ortho nitro benzene ring substituents is 1. The Labute approximate surface area is 167 Å². The molecule has 0 unspecified atom stereocenters. The molecular weight excluding hydrogens is 368 g/mol. The zero-order valence-corrected chi connectivity index (χ0v) is 15.8. The highest BCUT2D eigenvalue weighted by molar-refractivity contribution is 5.97. The van der Waals surface area contributed by atoms with E-state index < -0.39 is 0 Å². The lowest BCUT2D eigenvalue weighted by Crippen LogP contribution is -2.46. The normalized spacial score (nSPS) is 15.2. The smallest absolute Gasteiger partial charge is 0.278 e. The zero-order valence-electron chi connectivity index (χ0n) is 15.8. The molecule has 0 spiro atoms. The van der Waals surface area contributed by atoms with Gasteiger partial charge in [0.25, 0.3) is 5.69 Å². The molecule has 4 aromatic rings. The Morgan fingerprint density at radius 1 is 1.03 bits per heavy atom. The highest BCUT2D eigenvalue weighted by Crippen LogP contribution is 2.32. The molecule has 1 aliphatic heterocycles. The summed E-state index contributed by atoms with van der Waals surface area (Å²) in [5.74, 6) is 0. The molecular formula is C21H20N6O2. The standard InChI is InChI=1S/C21H20N6O2/c28-27(29)18-6-7-19(21-17(18)4-3-8-22-21)25-12-10-24(11-13-25)14-16-15-26-9-2-1-5-20(26)23-16/h1-9,15H,10-14H2. The van der Waals surface area contributed by atoms with Gasteiger partial charge in [0, 0.05) is 57.4 Å². The fourth-order valence-electron chi connectivity index (χ4n) is 4.00. The molecule has 0 bridgehead atoms. The molecule has 1 saturated heterocycles. The van der Waals surface area contributed by atoms with E-state index in [1.807, 2.05) is 34.9 Å². The molecule has 146 valence electrons. The van der Waals surface area contributed by atoms with Crippen LogP contribution in [0.15, 0.2) is 61.1 Å². The second-order valence-corrected chi connectivity index (χ2v) is 7.22. The van der Waals surface area contributed by atoms with Gasteiger partial charge >= 0.3 is 0 Å². The number of imidazole rings is 1. The Hall–Kier alpha value is -3.52. The third kappa shape index (κ3) is 3.27. The predicted octanol–water partition coefficient (Wildman–Crippen LogP) is 3.11. The summed E-state index contributed by atoms with van der Waals surface area (Å²) < 4.78 is 2.04. The topological polar surface area (TPSA) is 79.8 Å². The molecule has 0 amide bonds. The van der Waals surface area contributed by atoms with Crippen LogP contribution in [0.25, 0.3) is 16.6 Å². The first-order chi connectivity index (χ1) is 14.2. The Balaban J connectivity index is 1.33. The fourth-order valence-corrected chi connectivity index (χ4v) is 4.00. The van der Waals surface area contributed by atoms with E-state index in [0.29, 0.717) is 10.9 Å². The van der Waals surface area contributed by atoms with Crippen LogP contribution in [-0.4, -0.2) is 50.4 Å². The van der Waals surface area contributed by atoms with Gasteiger partial charge in [0.15, 0.2) is 0 Å². The molecule has 1 aliphatic rings. The quantitative estimate of drug-likeness (QED) is 0.395. The van der Waals surface area contributed by atoms with Gasteiger partial charge in [0.2, 0.25) is 0 Å². The first kappa shape index (κ1) is 17.6. The molecule has 0 saturated carbocycles. The number of aromatic nitrogens is 3. The van der Waals surface area contributed by atoms with Gasteiger partial charge in [-0.05, 0) is 30.3 Å². The number of nitro groups is 1. The first-order valence-electron chi connectivity index (χ1n) is 9.61. The van der Waals surface area contributed by atoms with Crippen LogP contribution in [0, 0.1) is 10.1 Å². The minimum atomic E-state index is -0.347. The molecule has 1 fully saturated rings. The zero-order chi connectivity index (χ0) is 19.8. The predicted molar refractivity (Wildman–Crippen MR) is 111 cm³/mol. The minimum absolute atomic E-state index is 0.0994. The number of anilines is 1. The van der Waals surface area contributed by atoms with Gasteiger partial charge in [-0.25, -0.2) is 4.98 Å². The van der Waals surface area contributed by atoms with E-state index in [1.165, 1.54) is 0 Å². The third-order valence-electron chi connectivity index (χ3n) is 5.43. The van der Waals surface area contributed by atoms with Crippen LogP contribution in [0.5, 0.6) is 0 Å². The summed E-state index contributed by atoms with van der Waals surface area (Å²) in [4.78, 5) is 24.8. The number of hydrogen-bond acceptors (Lipinski definition) is 6. The Morgan fingerprint density at radius 2 is 1.90 bits per heavy atom. The van der Waals surface area contributed by atoms with Crippen molar-refractivity contribution < 1.29 is 4.92 Å². The number of pyridine rings is 2. The Morgan fingerprint density at radius 3 is 2.69 bits per heavy atom. The van der Waals surface area contributed by atoms with Crippen molar-refractivity contribution in [1.82, 2.24) is 19.3 Å². The van der Waals surface area contributed by atoms with Crippen LogP contribution in [0.2, 0.25) is 0 Å². The second kappa shape index (κ2) is 7.14. The number of benzene rings is 1. The van der Waals surface area contributed by atoms with Crippen molar-refractivity contribution in [2.45, 2.75) is 6.54 Å². The number of piperazine rings is 1. The van der Waals surface area contributed by atoms with Gasteiger partial charge < -0.3 is 9.30 Å². The maximum absolute atomic E-state index is 11.3. The van der Waals surface area contributed by atoms with Crippen LogP contribution in [0.4, 0.5) is 11.4 Å². The van der Waals surface area contributed by atoms with Crippen molar-refractivity contribution in [3.8, 4) is 0 Å². The number of rotatable bonds is 4. The van der Waals surface area contributed by atoms with E-state index in [4.69, 9.17) is 0 Å². The average molecular weight is 388 g/mol. The molecule has 8 heteroatoms. The summed E-state index contributed by atoms with van der Waals surface area (Å²) in [6, 6.07) is 12.9. The van der Waals surface area contributed by atoms with Crippen LogP contribution in [-0.2, 0) is 6.54 Å². The molecule has 0 aliphatic carbocycles. The molecule has 5 rings (SSSR count). The molecule has 1 aromatic carbocycles. The van der Waals surface area contributed by atoms with E-state index in [9.17, 15) is 10.1 Å².